The Morgan fingerprint density at radius 1 is 1.21 bits per heavy atom. The number of nitriles is 1. The van der Waals surface area contributed by atoms with Crippen molar-refractivity contribution < 1.29 is 0 Å². The van der Waals surface area contributed by atoms with Crippen LogP contribution in [0.3, 0.4) is 0 Å². The normalized spacial score (nSPS) is 16.7. The van der Waals surface area contributed by atoms with Crippen molar-refractivity contribution in [3.63, 3.8) is 0 Å². The monoisotopic (exact) mass is 321 g/mol. The Kier molecular flexibility index (Phi) is 4.84. The summed E-state index contributed by atoms with van der Waals surface area (Å²) in [7, 11) is 0. The highest BCUT2D eigenvalue weighted by Crippen LogP contribution is 2.23. The summed E-state index contributed by atoms with van der Waals surface area (Å²) in [6.07, 6.45) is 0. The van der Waals surface area contributed by atoms with E-state index in [9.17, 15) is 0 Å². The summed E-state index contributed by atoms with van der Waals surface area (Å²) in [6, 6.07) is 8.15. The summed E-state index contributed by atoms with van der Waals surface area (Å²) < 4.78 is 0.978. The van der Waals surface area contributed by atoms with Crippen LogP contribution in [0.2, 0.25) is 0 Å². The Balaban J connectivity index is 2.02. The number of rotatable bonds is 3. The quantitative estimate of drug-likeness (QED) is 0.857. The molecule has 0 saturated carbocycles. The van der Waals surface area contributed by atoms with Crippen LogP contribution in [0.4, 0.5) is 5.69 Å². The van der Waals surface area contributed by atoms with E-state index in [2.05, 4.69) is 51.7 Å². The van der Waals surface area contributed by atoms with Gasteiger partial charge in [0.25, 0.3) is 0 Å². The second-order valence-corrected chi connectivity index (χ2v) is 6.41. The number of hydrogen-bond donors (Lipinski definition) is 0. The number of benzene rings is 1. The molecular weight excluding hydrogens is 302 g/mol. The van der Waals surface area contributed by atoms with Crippen LogP contribution in [0.25, 0.3) is 0 Å². The van der Waals surface area contributed by atoms with Gasteiger partial charge in [-0.05, 0) is 24.1 Å². The second-order valence-electron chi connectivity index (χ2n) is 5.49. The lowest BCUT2D eigenvalue weighted by Crippen LogP contribution is -2.47. The van der Waals surface area contributed by atoms with Crippen molar-refractivity contribution >= 4 is 21.6 Å². The molecule has 0 spiro atoms. The molecule has 0 amide bonds. The lowest BCUT2D eigenvalue weighted by molar-refractivity contribution is 0.231. The third kappa shape index (κ3) is 3.95. The van der Waals surface area contributed by atoms with Crippen molar-refractivity contribution in [1.82, 2.24) is 4.90 Å². The average molecular weight is 322 g/mol. The molecule has 0 aliphatic carbocycles. The Hall–Kier alpha value is -1.05. The smallest absolute Gasteiger partial charge is 0.0992 e. The van der Waals surface area contributed by atoms with Gasteiger partial charge >= 0.3 is 0 Å². The summed E-state index contributed by atoms with van der Waals surface area (Å²) in [5, 5.41) is 9.03. The van der Waals surface area contributed by atoms with Gasteiger partial charge in [0.05, 0.1) is 11.6 Å². The maximum atomic E-state index is 9.03. The van der Waals surface area contributed by atoms with Gasteiger partial charge in [-0.3, -0.25) is 4.90 Å². The predicted molar refractivity (Wildman–Crippen MR) is 82.3 cm³/mol. The van der Waals surface area contributed by atoms with E-state index >= 15 is 0 Å². The van der Waals surface area contributed by atoms with Gasteiger partial charge in [0.15, 0.2) is 0 Å². The fourth-order valence-electron chi connectivity index (χ4n) is 2.53. The summed E-state index contributed by atoms with van der Waals surface area (Å²) in [4.78, 5) is 4.88. The summed E-state index contributed by atoms with van der Waals surface area (Å²) in [5.41, 5.74) is 1.86. The molecule has 1 heterocycles. The van der Waals surface area contributed by atoms with E-state index in [0.29, 0.717) is 5.56 Å². The minimum Gasteiger partial charge on any atom is -0.369 e. The third-order valence-corrected chi connectivity index (χ3v) is 3.83. The average Bonchev–Trinajstić information content (AvgIpc) is 2.38. The van der Waals surface area contributed by atoms with Gasteiger partial charge in [0.2, 0.25) is 0 Å². The Bertz CT molecular complexity index is 471. The molecule has 1 fully saturated rings. The zero-order valence-corrected chi connectivity index (χ0v) is 13.2. The molecular formula is C15H20BrN3. The maximum absolute atomic E-state index is 9.03. The molecule has 1 aromatic carbocycles. The van der Waals surface area contributed by atoms with Gasteiger partial charge in [0.1, 0.15) is 0 Å². The number of nitrogens with zero attached hydrogens (tertiary/aromatic N) is 3. The summed E-state index contributed by atoms with van der Waals surface area (Å²) in [6.45, 7) is 9.98. The minimum atomic E-state index is 0.717. The first-order chi connectivity index (χ1) is 9.08. The fraction of sp³-hybridized carbons (Fsp3) is 0.533. The number of anilines is 1. The van der Waals surface area contributed by atoms with Crippen LogP contribution in [0.5, 0.6) is 0 Å². The van der Waals surface area contributed by atoms with Crippen molar-refractivity contribution in [3.05, 3.63) is 28.2 Å². The standard InChI is InChI=1S/C15H20BrN3/c1-12(2)11-18-3-5-19(6-4-18)15-8-13(10-17)7-14(16)9-15/h7-9,12H,3-6,11H2,1-2H3. The van der Waals surface area contributed by atoms with Gasteiger partial charge < -0.3 is 4.90 Å². The van der Waals surface area contributed by atoms with E-state index in [4.69, 9.17) is 5.26 Å². The number of hydrogen-bond acceptors (Lipinski definition) is 3. The molecule has 4 heteroatoms. The molecule has 19 heavy (non-hydrogen) atoms. The topological polar surface area (TPSA) is 30.3 Å². The van der Waals surface area contributed by atoms with E-state index in [-0.39, 0.29) is 0 Å². The summed E-state index contributed by atoms with van der Waals surface area (Å²) in [5.74, 6) is 0.725. The first-order valence-electron chi connectivity index (χ1n) is 6.76. The van der Waals surface area contributed by atoms with E-state index in [1.54, 1.807) is 0 Å². The molecule has 1 aliphatic heterocycles. The van der Waals surface area contributed by atoms with Gasteiger partial charge in [-0.2, -0.15) is 5.26 Å². The van der Waals surface area contributed by atoms with Crippen LogP contribution in [0, 0.1) is 17.2 Å². The van der Waals surface area contributed by atoms with Crippen LogP contribution in [-0.4, -0.2) is 37.6 Å². The maximum Gasteiger partial charge on any atom is 0.0992 e. The molecule has 0 N–H and O–H groups in total. The van der Waals surface area contributed by atoms with Crippen LogP contribution in [-0.2, 0) is 0 Å². The second kappa shape index (κ2) is 6.40. The molecule has 0 aromatic heterocycles. The molecule has 0 atom stereocenters. The highest BCUT2D eigenvalue weighted by Gasteiger charge is 2.18. The van der Waals surface area contributed by atoms with Crippen molar-refractivity contribution in [1.29, 1.82) is 5.26 Å². The van der Waals surface area contributed by atoms with Gasteiger partial charge in [-0.1, -0.05) is 29.8 Å². The van der Waals surface area contributed by atoms with Crippen LogP contribution in [0.1, 0.15) is 19.4 Å². The molecule has 102 valence electrons. The van der Waals surface area contributed by atoms with E-state index < -0.39 is 0 Å². The first kappa shape index (κ1) is 14.4. The van der Waals surface area contributed by atoms with Crippen LogP contribution in [0.15, 0.2) is 22.7 Å². The van der Waals surface area contributed by atoms with Gasteiger partial charge in [0, 0.05) is 42.9 Å². The molecule has 0 unspecified atom stereocenters. The van der Waals surface area contributed by atoms with Crippen molar-refractivity contribution in [3.8, 4) is 6.07 Å². The molecule has 1 aromatic rings. The summed E-state index contributed by atoms with van der Waals surface area (Å²) >= 11 is 3.48. The molecule has 3 nitrogen and oxygen atoms in total. The Labute approximate surface area is 123 Å². The first-order valence-corrected chi connectivity index (χ1v) is 7.56. The van der Waals surface area contributed by atoms with Crippen molar-refractivity contribution in [2.24, 2.45) is 5.92 Å². The zero-order valence-electron chi connectivity index (χ0n) is 11.6. The number of halogens is 1. The number of piperazine rings is 1. The van der Waals surface area contributed by atoms with Gasteiger partial charge in [-0.25, -0.2) is 0 Å². The van der Waals surface area contributed by atoms with E-state index in [1.165, 1.54) is 6.54 Å². The molecule has 0 bridgehead atoms. The van der Waals surface area contributed by atoms with Crippen molar-refractivity contribution in [2.75, 3.05) is 37.6 Å². The lowest BCUT2D eigenvalue weighted by Gasteiger charge is -2.37. The highest BCUT2D eigenvalue weighted by molar-refractivity contribution is 9.10. The molecule has 1 saturated heterocycles. The van der Waals surface area contributed by atoms with Crippen molar-refractivity contribution in [2.45, 2.75) is 13.8 Å². The van der Waals surface area contributed by atoms with Gasteiger partial charge in [-0.15, -0.1) is 0 Å². The van der Waals surface area contributed by atoms with Crippen LogP contribution >= 0.6 is 15.9 Å². The largest absolute Gasteiger partial charge is 0.369 e. The van der Waals surface area contributed by atoms with Crippen LogP contribution < -0.4 is 4.90 Å². The predicted octanol–water partition coefficient (Wildman–Crippen LogP) is 3.10. The van der Waals surface area contributed by atoms with E-state index in [1.807, 2.05) is 12.1 Å². The van der Waals surface area contributed by atoms with E-state index in [0.717, 1.165) is 42.3 Å². The molecule has 2 rings (SSSR count). The fourth-order valence-corrected chi connectivity index (χ4v) is 3.01. The highest BCUT2D eigenvalue weighted by atomic mass is 79.9. The SMILES string of the molecule is CC(C)CN1CCN(c2cc(Br)cc(C#N)c2)CC1. The Morgan fingerprint density at radius 3 is 2.47 bits per heavy atom. The minimum absolute atomic E-state index is 0.717. The lowest BCUT2D eigenvalue weighted by atomic mass is 10.1. The molecule has 1 aliphatic rings. The zero-order chi connectivity index (χ0) is 13.8. The molecule has 0 radical (unpaired) electrons. The third-order valence-electron chi connectivity index (χ3n) is 3.37. The Morgan fingerprint density at radius 2 is 1.89 bits per heavy atom.